The Morgan fingerprint density at radius 2 is 1.89 bits per heavy atom. The monoisotopic (exact) mass is 479 g/mol. The zero-order valence-electron chi connectivity index (χ0n) is 19.4. The molecule has 1 aliphatic heterocycles. The highest BCUT2D eigenvalue weighted by Gasteiger charge is 2.50. The Hall–Kier alpha value is -4.27. The van der Waals surface area contributed by atoms with E-state index in [4.69, 9.17) is 5.10 Å². The fourth-order valence-corrected chi connectivity index (χ4v) is 5.14. The molecule has 1 saturated heterocycles. The van der Waals surface area contributed by atoms with Gasteiger partial charge < -0.3 is 4.90 Å². The minimum Gasteiger partial charge on any atom is -0.336 e. The number of carbonyl (C=O) groups is 1. The molecule has 7 rings (SSSR count). The SMILES string of the molecule is O=C(c1ccc(-c2cnc3nnc(C4(c5ccc6ncccc6c5)CC4)n3n2)cc1)N1CCC(F)C1. The van der Waals surface area contributed by atoms with Gasteiger partial charge >= 0.3 is 0 Å². The quantitative estimate of drug-likeness (QED) is 0.387. The molecule has 0 spiro atoms. The number of alkyl halides is 1. The van der Waals surface area contributed by atoms with Gasteiger partial charge in [-0.1, -0.05) is 24.3 Å². The number of fused-ring (bicyclic) bond motifs is 2. The molecular formula is C27H22FN7O. The van der Waals surface area contributed by atoms with Gasteiger partial charge in [-0.05, 0) is 55.2 Å². The van der Waals surface area contributed by atoms with Crippen LogP contribution in [0.25, 0.3) is 27.9 Å². The Bertz CT molecular complexity index is 1630. The Morgan fingerprint density at radius 3 is 2.67 bits per heavy atom. The number of hydrogen-bond donors (Lipinski definition) is 0. The summed E-state index contributed by atoms with van der Waals surface area (Å²) in [5.41, 5.74) is 3.90. The second-order valence-corrected chi connectivity index (χ2v) is 9.59. The first-order valence-electron chi connectivity index (χ1n) is 12.1. The van der Waals surface area contributed by atoms with Crippen LogP contribution in [0.5, 0.6) is 0 Å². The predicted molar refractivity (Wildman–Crippen MR) is 131 cm³/mol. The third kappa shape index (κ3) is 3.34. The topological polar surface area (TPSA) is 89.2 Å². The molecule has 178 valence electrons. The number of rotatable bonds is 4. The van der Waals surface area contributed by atoms with Crippen molar-refractivity contribution in [1.82, 2.24) is 34.7 Å². The molecule has 1 atom stereocenters. The molecule has 9 heteroatoms. The first-order chi connectivity index (χ1) is 17.6. The van der Waals surface area contributed by atoms with Crippen LogP contribution >= 0.6 is 0 Å². The number of carbonyl (C=O) groups excluding carboxylic acids is 1. The van der Waals surface area contributed by atoms with Gasteiger partial charge in [-0.25, -0.2) is 9.37 Å². The Kier molecular flexibility index (Phi) is 4.60. The summed E-state index contributed by atoms with van der Waals surface area (Å²) in [5.74, 6) is 1.08. The largest absolute Gasteiger partial charge is 0.336 e. The molecule has 2 aromatic carbocycles. The molecule has 1 amide bonds. The maximum Gasteiger partial charge on any atom is 0.271 e. The molecule has 5 aromatic rings. The van der Waals surface area contributed by atoms with Crippen LogP contribution in [0.2, 0.25) is 0 Å². The normalized spacial score (nSPS) is 18.7. The van der Waals surface area contributed by atoms with Gasteiger partial charge in [0, 0.05) is 29.3 Å². The Labute approximate surface area is 205 Å². The summed E-state index contributed by atoms with van der Waals surface area (Å²) in [7, 11) is 0. The first kappa shape index (κ1) is 21.0. The number of hydrogen-bond acceptors (Lipinski definition) is 6. The van der Waals surface area contributed by atoms with Crippen molar-refractivity contribution in [3.05, 3.63) is 83.9 Å². The second kappa shape index (κ2) is 7.87. The fourth-order valence-electron chi connectivity index (χ4n) is 5.14. The molecule has 2 fully saturated rings. The standard InChI is InChI=1S/C27H22FN7O/c28-21-9-13-34(16-21)24(36)18-5-3-17(4-6-18)23-15-30-26-32-31-25(35(26)33-23)27(10-11-27)20-7-8-22-19(14-20)2-1-12-29-22/h1-8,12,14-15,21H,9-11,13,16H2. The number of halogens is 1. The number of nitrogens with zero attached hydrogens (tertiary/aromatic N) is 7. The molecule has 1 unspecified atom stereocenters. The van der Waals surface area contributed by atoms with E-state index in [1.807, 2.05) is 24.3 Å². The minimum atomic E-state index is -0.936. The summed E-state index contributed by atoms with van der Waals surface area (Å²) < 4.78 is 15.2. The van der Waals surface area contributed by atoms with E-state index in [0.717, 1.165) is 35.1 Å². The van der Waals surface area contributed by atoms with Crippen molar-refractivity contribution in [3.8, 4) is 11.3 Å². The smallest absolute Gasteiger partial charge is 0.271 e. The molecule has 4 heterocycles. The van der Waals surface area contributed by atoms with E-state index >= 15 is 0 Å². The highest BCUT2D eigenvalue weighted by atomic mass is 19.1. The van der Waals surface area contributed by atoms with Crippen molar-refractivity contribution >= 4 is 22.6 Å². The third-order valence-corrected chi connectivity index (χ3v) is 7.31. The average molecular weight is 480 g/mol. The molecule has 0 N–H and O–H groups in total. The molecule has 0 radical (unpaired) electrons. The molecule has 8 nitrogen and oxygen atoms in total. The van der Waals surface area contributed by atoms with Gasteiger partial charge in [-0.2, -0.15) is 9.61 Å². The van der Waals surface area contributed by atoms with Crippen LogP contribution in [0.3, 0.4) is 0 Å². The molecule has 36 heavy (non-hydrogen) atoms. The number of benzene rings is 2. The van der Waals surface area contributed by atoms with Crippen molar-refractivity contribution in [3.63, 3.8) is 0 Å². The predicted octanol–water partition coefficient (Wildman–Crippen LogP) is 4.00. The summed E-state index contributed by atoms with van der Waals surface area (Å²) in [6.07, 6.45) is 4.84. The van der Waals surface area contributed by atoms with Crippen LogP contribution in [0.1, 0.15) is 41.0 Å². The van der Waals surface area contributed by atoms with Gasteiger partial charge in [0.2, 0.25) is 0 Å². The van der Waals surface area contributed by atoms with Gasteiger partial charge in [0.1, 0.15) is 11.9 Å². The van der Waals surface area contributed by atoms with E-state index in [1.165, 1.54) is 5.56 Å². The maximum atomic E-state index is 13.5. The minimum absolute atomic E-state index is 0.148. The van der Waals surface area contributed by atoms with E-state index < -0.39 is 6.17 Å². The first-order valence-corrected chi connectivity index (χ1v) is 12.1. The van der Waals surface area contributed by atoms with Gasteiger partial charge in [0.25, 0.3) is 11.7 Å². The van der Waals surface area contributed by atoms with Crippen molar-refractivity contribution in [2.45, 2.75) is 30.8 Å². The van der Waals surface area contributed by atoms with Crippen LogP contribution in [-0.4, -0.2) is 59.8 Å². The highest BCUT2D eigenvalue weighted by molar-refractivity contribution is 5.94. The van der Waals surface area contributed by atoms with Crippen LogP contribution in [0.15, 0.2) is 67.0 Å². The van der Waals surface area contributed by atoms with E-state index in [0.29, 0.717) is 30.0 Å². The summed E-state index contributed by atoms with van der Waals surface area (Å²) in [5, 5.41) is 14.7. The van der Waals surface area contributed by atoms with E-state index in [2.05, 4.69) is 38.4 Å². The Morgan fingerprint density at radius 1 is 1.03 bits per heavy atom. The van der Waals surface area contributed by atoms with Gasteiger partial charge in [0.15, 0.2) is 5.82 Å². The third-order valence-electron chi connectivity index (χ3n) is 7.31. The fraction of sp³-hybridized carbons (Fsp3) is 0.259. The van der Waals surface area contributed by atoms with Crippen molar-refractivity contribution in [1.29, 1.82) is 0 Å². The van der Waals surface area contributed by atoms with Crippen molar-refractivity contribution in [2.24, 2.45) is 0 Å². The number of pyridine rings is 1. The summed E-state index contributed by atoms with van der Waals surface area (Å²) >= 11 is 0. The second-order valence-electron chi connectivity index (χ2n) is 9.59. The summed E-state index contributed by atoms with van der Waals surface area (Å²) in [4.78, 5) is 23.1. The summed E-state index contributed by atoms with van der Waals surface area (Å²) in [6.45, 7) is 0.615. The number of aromatic nitrogens is 6. The summed E-state index contributed by atoms with van der Waals surface area (Å²) in [6, 6.07) is 17.5. The van der Waals surface area contributed by atoms with E-state index in [9.17, 15) is 9.18 Å². The zero-order valence-corrected chi connectivity index (χ0v) is 19.4. The van der Waals surface area contributed by atoms with Gasteiger partial charge in [-0.15, -0.1) is 10.2 Å². The lowest BCUT2D eigenvalue weighted by Crippen LogP contribution is -2.28. The van der Waals surface area contributed by atoms with E-state index in [-0.39, 0.29) is 17.9 Å². The van der Waals surface area contributed by atoms with Crippen LogP contribution in [0.4, 0.5) is 4.39 Å². The highest BCUT2D eigenvalue weighted by Crippen LogP contribution is 2.53. The van der Waals surface area contributed by atoms with Gasteiger partial charge in [-0.3, -0.25) is 9.78 Å². The lowest BCUT2D eigenvalue weighted by Gasteiger charge is -2.15. The van der Waals surface area contributed by atoms with Crippen LogP contribution in [-0.2, 0) is 5.41 Å². The zero-order chi connectivity index (χ0) is 24.3. The number of likely N-dealkylation sites (tertiary alicyclic amines) is 1. The molecule has 2 aliphatic rings. The van der Waals surface area contributed by atoms with Gasteiger partial charge in [0.05, 0.1) is 23.7 Å². The maximum absolute atomic E-state index is 13.5. The van der Waals surface area contributed by atoms with Crippen LogP contribution < -0.4 is 0 Å². The van der Waals surface area contributed by atoms with Crippen molar-refractivity contribution in [2.75, 3.05) is 13.1 Å². The Balaban J connectivity index is 1.22. The van der Waals surface area contributed by atoms with Crippen molar-refractivity contribution < 1.29 is 9.18 Å². The molecule has 3 aromatic heterocycles. The number of amides is 1. The van der Waals surface area contributed by atoms with E-state index in [1.54, 1.807) is 33.9 Å². The van der Waals surface area contributed by atoms with Crippen LogP contribution in [0, 0.1) is 0 Å². The molecular weight excluding hydrogens is 457 g/mol. The molecule has 1 aliphatic carbocycles. The lowest BCUT2D eigenvalue weighted by molar-refractivity contribution is 0.0783. The molecule has 0 bridgehead atoms. The lowest BCUT2D eigenvalue weighted by atomic mass is 9.94. The molecule has 1 saturated carbocycles. The average Bonchev–Trinajstić information content (AvgIpc) is 3.42.